The lowest BCUT2D eigenvalue weighted by Crippen LogP contribution is -2.54. The predicted molar refractivity (Wildman–Crippen MR) is 83.6 cm³/mol. The van der Waals surface area contributed by atoms with Crippen molar-refractivity contribution in [3.8, 4) is 5.69 Å². The Bertz CT molecular complexity index is 690. The number of piperidine rings is 1. The maximum absolute atomic E-state index is 10.7. The van der Waals surface area contributed by atoms with Gasteiger partial charge in [0, 0.05) is 24.5 Å². The van der Waals surface area contributed by atoms with E-state index in [9.17, 15) is 9.90 Å². The van der Waals surface area contributed by atoms with E-state index in [0.29, 0.717) is 25.2 Å². The molecule has 0 radical (unpaired) electrons. The molecule has 1 fully saturated rings. The number of nitrogens with two attached hydrogens (primary N) is 1. The number of amides is 1. The van der Waals surface area contributed by atoms with Crippen molar-refractivity contribution in [1.82, 2.24) is 20.1 Å². The van der Waals surface area contributed by atoms with E-state index in [1.807, 2.05) is 23.1 Å². The van der Waals surface area contributed by atoms with E-state index in [-0.39, 0.29) is 0 Å². The molecule has 1 amide bonds. The molecule has 1 aromatic carbocycles. The molecule has 1 aromatic heterocycles. The van der Waals surface area contributed by atoms with Crippen LogP contribution in [0.15, 0.2) is 30.9 Å². The summed E-state index contributed by atoms with van der Waals surface area (Å²) in [4.78, 5) is 12.7. The van der Waals surface area contributed by atoms with E-state index in [1.54, 1.807) is 17.2 Å². The number of carboxylic acid groups (broad SMARTS) is 1. The fourth-order valence-electron chi connectivity index (χ4n) is 2.78. The average Bonchev–Trinajstić information content (AvgIpc) is 3.02. The van der Waals surface area contributed by atoms with Crippen molar-refractivity contribution in [1.29, 1.82) is 0 Å². The predicted octanol–water partition coefficient (Wildman–Crippen LogP) is 0.0567. The van der Waals surface area contributed by atoms with Crippen molar-refractivity contribution < 1.29 is 15.0 Å². The second kappa shape index (κ2) is 6.13. The van der Waals surface area contributed by atoms with Gasteiger partial charge in [-0.05, 0) is 24.6 Å². The van der Waals surface area contributed by atoms with E-state index in [0.717, 1.165) is 11.4 Å². The molecule has 9 nitrogen and oxygen atoms in total. The molecule has 0 aliphatic carbocycles. The number of rotatable bonds is 3. The molecular weight excluding hydrogens is 300 g/mol. The van der Waals surface area contributed by atoms with Crippen LogP contribution in [0.1, 0.15) is 6.42 Å². The number of hydrogen-bond donors (Lipinski definition) is 4. The van der Waals surface area contributed by atoms with Crippen molar-refractivity contribution in [2.24, 2.45) is 0 Å². The zero-order chi connectivity index (χ0) is 16.4. The molecule has 0 bridgehead atoms. The van der Waals surface area contributed by atoms with E-state index < -0.39 is 18.2 Å². The Hall–Kier alpha value is -2.81. The largest absolute Gasteiger partial charge is 0.465 e. The maximum atomic E-state index is 10.7. The third kappa shape index (κ3) is 3.34. The summed E-state index contributed by atoms with van der Waals surface area (Å²) in [5.74, 6) is 0. The lowest BCUT2D eigenvalue weighted by Gasteiger charge is -2.37. The quantitative estimate of drug-likeness (QED) is 0.589. The van der Waals surface area contributed by atoms with Gasteiger partial charge in [-0.3, -0.25) is 4.57 Å². The summed E-state index contributed by atoms with van der Waals surface area (Å²) in [5.41, 5.74) is 8.24. The Morgan fingerprint density at radius 2 is 1.96 bits per heavy atom. The van der Waals surface area contributed by atoms with Gasteiger partial charge < -0.3 is 26.2 Å². The van der Waals surface area contributed by atoms with E-state index in [2.05, 4.69) is 15.5 Å². The standard InChI is InChI=1S/C14H18N6O3/c15-9-3-10(5-11(4-9)20-7-16-17-8-20)19-2-1-12(13(21)6-19)18-14(22)23/h3-5,7-8,12-13,18,21H,1-2,6,15H2,(H,22,23)/t12-,13-/m0/s1. The lowest BCUT2D eigenvalue weighted by atomic mass is 10.0. The summed E-state index contributed by atoms with van der Waals surface area (Å²) in [7, 11) is 0. The van der Waals surface area contributed by atoms with Gasteiger partial charge in [-0.2, -0.15) is 0 Å². The van der Waals surface area contributed by atoms with Gasteiger partial charge in [0.25, 0.3) is 0 Å². The molecule has 1 saturated heterocycles. The molecule has 122 valence electrons. The normalized spacial score (nSPS) is 21.2. The second-order valence-corrected chi connectivity index (χ2v) is 5.51. The highest BCUT2D eigenvalue weighted by Gasteiger charge is 2.29. The van der Waals surface area contributed by atoms with Gasteiger partial charge in [0.1, 0.15) is 12.7 Å². The van der Waals surface area contributed by atoms with Crippen LogP contribution in [0.2, 0.25) is 0 Å². The van der Waals surface area contributed by atoms with Gasteiger partial charge in [0.05, 0.1) is 17.8 Å². The van der Waals surface area contributed by atoms with Crippen molar-refractivity contribution in [3.63, 3.8) is 0 Å². The number of benzene rings is 1. The summed E-state index contributed by atoms with van der Waals surface area (Å²) in [6, 6.07) is 5.10. The Morgan fingerprint density at radius 3 is 2.61 bits per heavy atom. The smallest absolute Gasteiger partial charge is 0.404 e. The monoisotopic (exact) mass is 318 g/mol. The number of nitrogen functional groups attached to an aromatic ring is 1. The number of hydrogen-bond acceptors (Lipinski definition) is 6. The van der Waals surface area contributed by atoms with E-state index in [4.69, 9.17) is 10.8 Å². The summed E-state index contributed by atoms with van der Waals surface area (Å²) >= 11 is 0. The number of carbonyl (C=O) groups is 1. The summed E-state index contributed by atoms with van der Waals surface area (Å²) in [5, 5.41) is 28.8. The highest BCUT2D eigenvalue weighted by molar-refractivity contribution is 5.65. The highest BCUT2D eigenvalue weighted by Crippen LogP contribution is 2.26. The molecular formula is C14H18N6O3. The summed E-state index contributed by atoms with van der Waals surface area (Å²) in [6.07, 6.45) is 1.78. The third-order valence-electron chi connectivity index (χ3n) is 3.90. The number of β-amino-alcohol motifs (C(OH)–C–C–N with tert-alkyl or cyclic N) is 1. The van der Waals surface area contributed by atoms with Crippen LogP contribution >= 0.6 is 0 Å². The van der Waals surface area contributed by atoms with Crippen LogP contribution in [0.4, 0.5) is 16.2 Å². The van der Waals surface area contributed by atoms with Crippen LogP contribution < -0.4 is 16.0 Å². The lowest BCUT2D eigenvalue weighted by molar-refractivity contribution is 0.108. The molecule has 0 unspecified atom stereocenters. The molecule has 2 aromatic rings. The Labute approximate surface area is 132 Å². The fraction of sp³-hybridized carbons (Fsp3) is 0.357. The van der Waals surface area contributed by atoms with Crippen molar-refractivity contribution >= 4 is 17.5 Å². The topological polar surface area (TPSA) is 130 Å². The zero-order valence-corrected chi connectivity index (χ0v) is 12.3. The maximum Gasteiger partial charge on any atom is 0.404 e. The first kappa shape index (κ1) is 15.1. The first-order chi connectivity index (χ1) is 11.0. The van der Waals surface area contributed by atoms with Gasteiger partial charge in [-0.25, -0.2) is 4.79 Å². The molecule has 1 aliphatic heterocycles. The van der Waals surface area contributed by atoms with Crippen LogP contribution in [0.5, 0.6) is 0 Å². The first-order valence-electron chi connectivity index (χ1n) is 7.21. The fourth-order valence-corrected chi connectivity index (χ4v) is 2.78. The first-order valence-corrected chi connectivity index (χ1v) is 7.21. The van der Waals surface area contributed by atoms with Crippen molar-refractivity contribution in [3.05, 3.63) is 30.9 Å². The summed E-state index contributed by atoms with van der Waals surface area (Å²) in [6.45, 7) is 0.948. The zero-order valence-electron chi connectivity index (χ0n) is 12.3. The number of aliphatic hydroxyl groups excluding tert-OH is 1. The Balaban J connectivity index is 1.79. The van der Waals surface area contributed by atoms with Gasteiger partial charge >= 0.3 is 6.09 Å². The van der Waals surface area contributed by atoms with Crippen LogP contribution in [0.25, 0.3) is 5.69 Å². The minimum Gasteiger partial charge on any atom is -0.465 e. The van der Waals surface area contributed by atoms with Gasteiger partial charge in [-0.15, -0.1) is 10.2 Å². The minimum absolute atomic E-state index is 0.329. The van der Waals surface area contributed by atoms with Crippen LogP contribution in [-0.2, 0) is 0 Å². The number of nitrogens with one attached hydrogen (secondary N) is 1. The number of anilines is 2. The second-order valence-electron chi connectivity index (χ2n) is 5.51. The van der Waals surface area contributed by atoms with Gasteiger partial charge in [0.15, 0.2) is 0 Å². The van der Waals surface area contributed by atoms with Gasteiger partial charge in [-0.1, -0.05) is 0 Å². The third-order valence-corrected chi connectivity index (χ3v) is 3.90. The molecule has 0 spiro atoms. The molecule has 3 rings (SSSR count). The molecule has 1 aliphatic rings. The molecule has 9 heteroatoms. The molecule has 23 heavy (non-hydrogen) atoms. The Morgan fingerprint density at radius 1 is 1.26 bits per heavy atom. The molecule has 5 N–H and O–H groups in total. The van der Waals surface area contributed by atoms with E-state index in [1.165, 1.54) is 0 Å². The number of aliphatic hydroxyl groups is 1. The van der Waals surface area contributed by atoms with Crippen molar-refractivity contribution in [2.75, 3.05) is 23.7 Å². The van der Waals surface area contributed by atoms with Crippen LogP contribution in [0, 0.1) is 0 Å². The Kier molecular flexibility index (Phi) is 4.02. The van der Waals surface area contributed by atoms with Crippen LogP contribution in [0.3, 0.4) is 0 Å². The molecule has 2 heterocycles. The summed E-state index contributed by atoms with van der Waals surface area (Å²) < 4.78 is 1.75. The van der Waals surface area contributed by atoms with Crippen molar-refractivity contribution in [2.45, 2.75) is 18.6 Å². The minimum atomic E-state index is -1.12. The van der Waals surface area contributed by atoms with Crippen LogP contribution in [-0.4, -0.2) is 56.3 Å². The SMILES string of the molecule is Nc1cc(N2CC[C@H](NC(=O)O)[C@@H](O)C2)cc(-n2cnnc2)c1. The van der Waals surface area contributed by atoms with Gasteiger partial charge in [0.2, 0.25) is 0 Å². The number of aromatic nitrogens is 3. The average molecular weight is 318 g/mol. The molecule has 2 atom stereocenters. The number of nitrogens with zero attached hydrogens (tertiary/aromatic N) is 4. The highest BCUT2D eigenvalue weighted by atomic mass is 16.4. The molecule has 0 saturated carbocycles. The van der Waals surface area contributed by atoms with E-state index >= 15 is 0 Å².